The van der Waals surface area contributed by atoms with E-state index in [9.17, 15) is 0 Å². The highest BCUT2D eigenvalue weighted by atomic mass is 16.5. The Bertz CT molecular complexity index is 357. The lowest BCUT2D eigenvalue weighted by Gasteiger charge is -2.22. The second-order valence-corrected chi connectivity index (χ2v) is 7.18. The first-order valence-corrected chi connectivity index (χ1v) is 9.95. The molecule has 1 nitrogen and oxygen atoms in total. The molecule has 0 bridgehead atoms. The molecule has 1 heteroatoms. The molecule has 0 aliphatic carbocycles. The predicted octanol–water partition coefficient (Wildman–Crippen LogP) is 7.40. The molecular weight excluding hydrogens is 280 g/mol. The third kappa shape index (κ3) is 10.4. The van der Waals surface area contributed by atoms with Crippen molar-refractivity contribution >= 4 is 0 Å². The molecule has 0 heterocycles. The maximum absolute atomic E-state index is 6.16. The molecular formula is C22H38O. The van der Waals surface area contributed by atoms with Crippen molar-refractivity contribution in [2.75, 3.05) is 0 Å². The fourth-order valence-electron chi connectivity index (χ4n) is 3.04. The van der Waals surface area contributed by atoms with E-state index in [4.69, 9.17) is 4.74 Å². The predicted molar refractivity (Wildman–Crippen MR) is 102 cm³/mol. The van der Waals surface area contributed by atoms with Gasteiger partial charge >= 0.3 is 0 Å². The van der Waals surface area contributed by atoms with E-state index in [2.05, 4.69) is 32.9 Å². The third-order valence-corrected chi connectivity index (χ3v) is 4.62. The van der Waals surface area contributed by atoms with Crippen LogP contribution in [0.5, 0.6) is 5.75 Å². The second kappa shape index (κ2) is 13.5. The van der Waals surface area contributed by atoms with Crippen LogP contribution in [-0.4, -0.2) is 6.10 Å². The number of para-hydroxylation sites is 1. The summed E-state index contributed by atoms with van der Waals surface area (Å²) < 4.78 is 6.16. The van der Waals surface area contributed by atoms with Gasteiger partial charge in [0.1, 0.15) is 11.9 Å². The highest BCUT2D eigenvalue weighted by Crippen LogP contribution is 2.20. The zero-order valence-electron chi connectivity index (χ0n) is 15.7. The topological polar surface area (TPSA) is 9.23 Å². The van der Waals surface area contributed by atoms with Crippen molar-refractivity contribution in [2.45, 2.75) is 97.5 Å². The monoisotopic (exact) mass is 318 g/mol. The summed E-state index contributed by atoms with van der Waals surface area (Å²) in [5, 5.41) is 0. The van der Waals surface area contributed by atoms with Gasteiger partial charge in [-0.25, -0.2) is 0 Å². The first-order chi connectivity index (χ1) is 11.2. The summed E-state index contributed by atoms with van der Waals surface area (Å²) in [5.41, 5.74) is 0. The van der Waals surface area contributed by atoms with Crippen molar-refractivity contribution in [1.82, 2.24) is 0 Å². The molecule has 1 aromatic rings. The van der Waals surface area contributed by atoms with Crippen LogP contribution in [0, 0.1) is 5.92 Å². The minimum atomic E-state index is 0.353. The SMILES string of the molecule is CCCCCCCCCCCCC(Oc1ccccc1)C(C)C. The van der Waals surface area contributed by atoms with Gasteiger partial charge in [0.15, 0.2) is 0 Å². The molecule has 0 aromatic heterocycles. The van der Waals surface area contributed by atoms with E-state index in [1.807, 2.05) is 18.2 Å². The van der Waals surface area contributed by atoms with E-state index >= 15 is 0 Å². The quantitative estimate of drug-likeness (QED) is 0.325. The van der Waals surface area contributed by atoms with Crippen molar-refractivity contribution in [2.24, 2.45) is 5.92 Å². The Hall–Kier alpha value is -0.980. The Morgan fingerprint density at radius 1 is 0.739 bits per heavy atom. The molecule has 23 heavy (non-hydrogen) atoms. The third-order valence-electron chi connectivity index (χ3n) is 4.62. The Kier molecular flexibility index (Phi) is 11.7. The van der Waals surface area contributed by atoms with Gasteiger partial charge in [-0.2, -0.15) is 0 Å². The summed E-state index contributed by atoms with van der Waals surface area (Å²) >= 11 is 0. The van der Waals surface area contributed by atoms with Crippen LogP contribution < -0.4 is 4.74 Å². The van der Waals surface area contributed by atoms with E-state index in [-0.39, 0.29) is 0 Å². The molecule has 0 amide bonds. The average Bonchev–Trinajstić information content (AvgIpc) is 2.56. The summed E-state index contributed by atoms with van der Waals surface area (Å²) in [4.78, 5) is 0. The maximum Gasteiger partial charge on any atom is 0.119 e. The lowest BCUT2D eigenvalue weighted by Crippen LogP contribution is -2.23. The summed E-state index contributed by atoms with van der Waals surface area (Å²) in [6.07, 6.45) is 15.5. The molecule has 0 saturated carbocycles. The van der Waals surface area contributed by atoms with Crippen LogP contribution in [0.25, 0.3) is 0 Å². The number of hydrogen-bond donors (Lipinski definition) is 0. The Morgan fingerprint density at radius 3 is 1.78 bits per heavy atom. The lowest BCUT2D eigenvalue weighted by molar-refractivity contribution is 0.138. The molecule has 1 unspecified atom stereocenters. The van der Waals surface area contributed by atoms with Crippen LogP contribution in [0.1, 0.15) is 91.4 Å². The van der Waals surface area contributed by atoms with E-state index in [1.54, 1.807) is 0 Å². The molecule has 0 aliphatic heterocycles. The maximum atomic E-state index is 6.16. The van der Waals surface area contributed by atoms with Gasteiger partial charge < -0.3 is 4.74 Å². The molecule has 132 valence electrons. The van der Waals surface area contributed by atoms with Crippen LogP contribution in [0.3, 0.4) is 0 Å². The number of benzene rings is 1. The van der Waals surface area contributed by atoms with Gasteiger partial charge in [0.2, 0.25) is 0 Å². The van der Waals surface area contributed by atoms with Gasteiger partial charge in [-0.05, 0) is 30.9 Å². The fraction of sp³-hybridized carbons (Fsp3) is 0.727. The van der Waals surface area contributed by atoms with Gasteiger partial charge in [-0.15, -0.1) is 0 Å². The van der Waals surface area contributed by atoms with Crippen molar-refractivity contribution in [3.8, 4) is 5.75 Å². The molecule has 0 N–H and O–H groups in total. The first-order valence-electron chi connectivity index (χ1n) is 9.95. The normalized spacial score (nSPS) is 12.5. The minimum absolute atomic E-state index is 0.353. The van der Waals surface area contributed by atoms with Crippen molar-refractivity contribution in [1.29, 1.82) is 0 Å². The molecule has 1 rings (SSSR count). The van der Waals surface area contributed by atoms with Crippen molar-refractivity contribution in [3.05, 3.63) is 30.3 Å². The molecule has 1 atom stereocenters. The van der Waals surface area contributed by atoms with Crippen molar-refractivity contribution in [3.63, 3.8) is 0 Å². The zero-order chi connectivity index (χ0) is 16.8. The largest absolute Gasteiger partial charge is 0.490 e. The van der Waals surface area contributed by atoms with E-state index < -0.39 is 0 Å². The second-order valence-electron chi connectivity index (χ2n) is 7.18. The highest BCUT2D eigenvalue weighted by Gasteiger charge is 2.14. The molecule has 0 aliphatic rings. The first kappa shape index (κ1) is 20.1. The molecule has 0 saturated heterocycles. The lowest BCUT2D eigenvalue weighted by atomic mass is 9.99. The number of rotatable bonds is 14. The van der Waals surface area contributed by atoms with E-state index in [0.29, 0.717) is 12.0 Å². The van der Waals surface area contributed by atoms with Crippen LogP contribution in [-0.2, 0) is 0 Å². The Morgan fingerprint density at radius 2 is 1.26 bits per heavy atom. The van der Waals surface area contributed by atoms with E-state index in [1.165, 1.54) is 70.6 Å². The summed E-state index contributed by atoms with van der Waals surface area (Å²) in [6, 6.07) is 10.3. The van der Waals surface area contributed by atoms with Crippen LogP contribution >= 0.6 is 0 Å². The van der Waals surface area contributed by atoms with Crippen LogP contribution in [0.4, 0.5) is 0 Å². The number of unbranched alkanes of at least 4 members (excludes halogenated alkanes) is 9. The van der Waals surface area contributed by atoms with E-state index in [0.717, 1.165) is 5.75 Å². The zero-order valence-corrected chi connectivity index (χ0v) is 15.7. The molecule has 1 aromatic carbocycles. The summed E-state index contributed by atoms with van der Waals surface area (Å²) in [7, 11) is 0. The average molecular weight is 319 g/mol. The van der Waals surface area contributed by atoms with Crippen LogP contribution in [0.15, 0.2) is 30.3 Å². The summed E-state index contributed by atoms with van der Waals surface area (Å²) in [6.45, 7) is 6.82. The standard InChI is InChI=1S/C22H38O/c1-4-5-6-7-8-9-10-11-12-16-19-22(20(2)3)23-21-17-14-13-15-18-21/h13-15,17-18,20,22H,4-12,16,19H2,1-3H3. The number of hydrogen-bond acceptors (Lipinski definition) is 1. The fourth-order valence-corrected chi connectivity index (χ4v) is 3.04. The Labute approximate surface area is 144 Å². The van der Waals surface area contributed by atoms with Gasteiger partial charge in [0.05, 0.1) is 0 Å². The Balaban J connectivity index is 2.05. The van der Waals surface area contributed by atoms with Crippen molar-refractivity contribution < 1.29 is 4.74 Å². The molecule has 0 spiro atoms. The van der Waals surface area contributed by atoms with Crippen LogP contribution in [0.2, 0.25) is 0 Å². The van der Waals surface area contributed by atoms with Gasteiger partial charge in [0, 0.05) is 0 Å². The molecule has 0 fully saturated rings. The smallest absolute Gasteiger partial charge is 0.119 e. The highest BCUT2D eigenvalue weighted by molar-refractivity contribution is 5.21. The number of ether oxygens (including phenoxy) is 1. The van der Waals surface area contributed by atoms with Gasteiger partial charge in [-0.3, -0.25) is 0 Å². The van der Waals surface area contributed by atoms with Gasteiger partial charge in [0.25, 0.3) is 0 Å². The minimum Gasteiger partial charge on any atom is -0.490 e. The van der Waals surface area contributed by atoms with Gasteiger partial charge in [-0.1, -0.05) is 96.8 Å². The molecule has 0 radical (unpaired) electrons. The summed E-state index contributed by atoms with van der Waals surface area (Å²) in [5.74, 6) is 1.59.